The van der Waals surface area contributed by atoms with Gasteiger partial charge in [0.05, 0.1) is 6.10 Å². The maximum absolute atomic E-state index is 12.6. The van der Waals surface area contributed by atoms with Gasteiger partial charge in [0.2, 0.25) is 0 Å². The highest BCUT2D eigenvalue weighted by Gasteiger charge is 2.29. The molecule has 5 nitrogen and oxygen atoms in total. The highest BCUT2D eigenvalue weighted by Crippen LogP contribution is 2.22. The fourth-order valence-corrected chi connectivity index (χ4v) is 3.74. The molecule has 0 bridgehead atoms. The van der Waals surface area contributed by atoms with Gasteiger partial charge >= 0.3 is 0 Å². The van der Waals surface area contributed by atoms with E-state index in [-0.39, 0.29) is 12.0 Å². The van der Waals surface area contributed by atoms with Crippen LogP contribution in [0.15, 0.2) is 18.3 Å². The summed E-state index contributed by atoms with van der Waals surface area (Å²) < 4.78 is 0. The Morgan fingerprint density at radius 1 is 1.30 bits per heavy atom. The van der Waals surface area contributed by atoms with Crippen molar-refractivity contribution in [2.75, 3.05) is 26.2 Å². The van der Waals surface area contributed by atoms with Gasteiger partial charge in [-0.3, -0.25) is 14.7 Å². The molecule has 126 valence electrons. The van der Waals surface area contributed by atoms with Crippen LogP contribution in [0.1, 0.15) is 48.7 Å². The molecule has 3 rings (SSSR count). The normalized spacial score (nSPS) is 23.9. The van der Waals surface area contributed by atoms with E-state index in [1.165, 1.54) is 0 Å². The summed E-state index contributed by atoms with van der Waals surface area (Å²) in [6, 6.07) is 4.24. The van der Waals surface area contributed by atoms with E-state index in [1.807, 2.05) is 17.0 Å². The van der Waals surface area contributed by atoms with Gasteiger partial charge in [-0.1, -0.05) is 6.92 Å². The van der Waals surface area contributed by atoms with Gasteiger partial charge in [0.25, 0.3) is 5.91 Å². The zero-order valence-electron chi connectivity index (χ0n) is 13.9. The molecule has 0 spiro atoms. The SMILES string of the molecule is CCc1cc(C(=O)N2CCC(N3CCC[C@H](O)C3)CC2)ccn1. The fraction of sp³-hybridized carbons (Fsp3) is 0.667. The van der Waals surface area contributed by atoms with Crippen molar-refractivity contribution in [3.63, 3.8) is 0 Å². The molecule has 1 aromatic rings. The van der Waals surface area contributed by atoms with Crippen molar-refractivity contribution in [3.8, 4) is 0 Å². The molecule has 2 aliphatic rings. The largest absolute Gasteiger partial charge is 0.392 e. The van der Waals surface area contributed by atoms with Gasteiger partial charge < -0.3 is 10.0 Å². The molecule has 2 fully saturated rings. The van der Waals surface area contributed by atoms with Crippen LogP contribution in [0.4, 0.5) is 0 Å². The number of aryl methyl sites for hydroxylation is 1. The van der Waals surface area contributed by atoms with Crippen molar-refractivity contribution in [3.05, 3.63) is 29.6 Å². The predicted molar refractivity (Wildman–Crippen MR) is 89.4 cm³/mol. The summed E-state index contributed by atoms with van der Waals surface area (Å²) in [5.74, 6) is 0.124. The van der Waals surface area contributed by atoms with Crippen molar-refractivity contribution in [1.29, 1.82) is 0 Å². The highest BCUT2D eigenvalue weighted by atomic mass is 16.3. The number of aliphatic hydroxyl groups is 1. The van der Waals surface area contributed by atoms with Crippen LogP contribution in [-0.4, -0.2) is 64.1 Å². The number of hydrogen-bond donors (Lipinski definition) is 1. The molecule has 5 heteroatoms. The Labute approximate surface area is 138 Å². The molecule has 0 aliphatic carbocycles. The van der Waals surface area contributed by atoms with Crippen molar-refractivity contribution >= 4 is 5.91 Å². The van der Waals surface area contributed by atoms with Gasteiger partial charge in [0.15, 0.2) is 0 Å². The van der Waals surface area contributed by atoms with Crippen LogP contribution in [0.3, 0.4) is 0 Å². The summed E-state index contributed by atoms with van der Waals surface area (Å²) in [7, 11) is 0. The number of β-amino-alcohol motifs (C(OH)–C–C–N with tert-alkyl or cyclic N) is 1. The molecule has 0 saturated carbocycles. The third-order valence-electron chi connectivity index (χ3n) is 5.12. The lowest BCUT2D eigenvalue weighted by Gasteiger charge is -2.41. The average molecular weight is 317 g/mol. The van der Waals surface area contributed by atoms with Gasteiger partial charge in [-0.05, 0) is 50.8 Å². The predicted octanol–water partition coefficient (Wildman–Crippen LogP) is 1.71. The van der Waals surface area contributed by atoms with Crippen LogP contribution in [-0.2, 0) is 6.42 Å². The molecule has 0 radical (unpaired) electrons. The molecule has 3 heterocycles. The number of carbonyl (C=O) groups is 1. The van der Waals surface area contributed by atoms with Crippen molar-refractivity contribution in [1.82, 2.24) is 14.8 Å². The number of pyridine rings is 1. The lowest BCUT2D eigenvalue weighted by molar-refractivity contribution is 0.0240. The van der Waals surface area contributed by atoms with Crippen molar-refractivity contribution in [2.45, 2.75) is 51.2 Å². The van der Waals surface area contributed by atoms with Crippen LogP contribution in [0, 0.1) is 0 Å². The second-order valence-corrected chi connectivity index (χ2v) is 6.70. The van der Waals surface area contributed by atoms with Crippen LogP contribution in [0.25, 0.3) is 0 Å². The minimum Gasteiger partial charge on any atom is -0.392 e. The first-order valence-corrected chi connectivity index (χ1v) is 8.83. The molecule has 23 heavy (non-hydrogen) atoms. The van der Waals surface area contributed by atoms with Gasteiger partial charge in [-0.15, -0.1) is 0 Å². The minimum atomic E-state index is -0.173. The van der Waals surface area contributed by atoms with E-state index in [4.69, 9.17) is 0 Å². The number of likely N-dealkylation sites (tertiary alicyclic amines) is 2. The molecule has 1 aromatic heterocycles. The first kappa shape index (κ1) is 16.4. The van der Waals surface area contributed by atoms with Crippen molar-refractivity contribution in [2.24, 2.45) is 0 Å². The van der Waals surface area contributed by atoms with E-state index < -0.39 is 0 Å². The summed E-state index contributed by atoms with van der Waals surface area (Å²) in [6.45, 7) is 5.54. The van der Waals surface area contributed by atoms with Gasteiger partial charge in [0, 0.05) is 43.1 Å². The Balaban J connectivity index is 1.56. The third-order valence-corrected chi connectivity index (χ3v) is 5.12. The lowest BCUT2D eigenvalue weighted by atomic mass is 9.98. The summed E-state index contributed by atoms with van der Waals surface area (Å²) in [5, 5.41) is 9.84. The molecule has 0 aromatic carbocycles. The maximum Gasteiger partial charge on any atom is 0.253 e. The number of amides is 1. The number of hydrogen-bond acceptors (Lipinski definition) is 4. The Morgan fingerprint density at radius 2 is 2.09 bits per heavy atom. The zero-order chi connectivity index (χ0) is 16.2. The minimum absolute atomic E-state index is 0.124. The Morgan fingerprint density at radius 3 is 2.78 bits per heavy atom. The topological polar surface area (TPSA) is 56.7 Å². The maximum atomic E-state index is 12.6. The number of carbonyl (C=O) groups excluding carboxylic acids is 1. The van der Waals surface area contributed by atoms with E-state index in [9.17, 15) is 9.90 Å². The summed E-state index contributed by atoms with van der Waals surface area (Å²) in [6.07, 6.45) is 6.42. The number of rotatable bonds is 3. The molecule has 1 atom stereocenters. The first-order valence-electron chi connectivity index (χ1n) is 8.83. The van der Waals surface area contributed by atoms with Crippen LogP contribution in [0.5, 0.6) is 0 Å². The number of aromatic nitrogens is 1. The monoisotopic (exact) mass is 317 g/mol. The van der Waals surface area contributed by atoms with E-state index in [1.54, 1.807) is 6.20 Å². The van der Waals surface area contributed by atoms with Gasteiger partial charge in [0.1, 0.15) is 0 Å². The Hall–Kier alpha value is -1.46. The van der Waals surface area contributed by atoms with Gasteiger partial charge in [-0.2, -0.15) is 0 Å². The number of aliphatic hydroxyl groups excluding tert-OH is 1. The van der Waals surface area contributed by atoms with E-state index >= 15 is 0 Å². The van der Waals surface area contributed by atoms with E-state index in [0.717, 1.165) is 69.5 Å². The van der Waals surface area contributed by atoms with Crippen molar-refractivity contribution < 1.29 is 9.90 Å². The van der Waals surface area contributed by atoms with Crippen LogP contribution < -0.4 is 0 Å². The standard InChI is InChI=1S/C18H27N3O2/c1-2-15-12-14(5-8-19-15)18(23)20-10-6-16(7-11-20)21-9-3-4-17(22)13-21/h5,8,12,16-17,22H,2-4,6-7,9-11,13H2,1H3/t17-/m0/s1. The molecule has 2 saturated heterocycles. The Bertz CT molecular complexity index is 541. The molecule has 2 aliphatic heterocycles. The quantitative estimate of drug-likeness (QED) is 0.922. The second-order valence-electron chi connectivity index (χ2n) is 6.70. The third kappa shape index (κ3) is 3.90. The fourth-order valence-electron chi connectivity index (χ4n) is 3.74. The first-order chi connectivity index (χ1) is 11.2. The molecule has 1 N–H and O–H groups in total. The van der Waals surface area contributed by atoms with Crippen LogP contribution in [0.2, 0.25) is 0 Å². The number of piperidine rings is 2. The zero-order valence-corrected chi connectivity index (χ0v) is 13.9. The second kappa shape index (κ2) is 7.41. The van der Waals surface area contributed by atoms with E-state index in [2.05, 4.69) is 16.8 Å². The molecular formula is C18H27N3O2. The summed E-state index contributed by atoms with van der Waals surface area (Å²) in [4.78, 5) is 21.3. The average Bonchev–Trinajstić information content (AvgIpc) is 2.61. The smallest absolute Gasteiger partial charge is 0.253 e. The molecule has 1 amide bonds. The van der Waals surface area contributed by atoms with Crippen LogP contribution >= 0.6 is 0 Å². The summed E-state index contributed by atoms with van der Waals surface area (Å²) >= 11 is 0. The van der Waals surface area contributed by atoms with Gasteiger partial charge in [-0.25, -0.2) is 0 Å². The Kier molecular flexibility index (Phi) is 5.28. The van der Waals surface area contributed by atoms with E-state index in [0.29, 0.717) is 6.04 Å². The lowest BCUT2D eigenvalue weighted by Crippen LogP contribution is -2.50. The highest BCUT2D eigenvalue weighted by molar-refractivity contribution is 5.94. The molecule has 0 unspecified atom stereocenters. The number of nitrogens with zero attached hydrogens (tertiary/aromatic N) is 3. The summed E-state index contributed by atoms with van der Waals surface area (Å²) in [5.41, 5.74) is 1.72. The molecular weight excluding hydrogens is 290 g/mol.